The molecule has 0 radical (unpaired) electrons. The first-order valence-corrected chi connectivity index (χ1v) is 9.34. The molecule has 1 rings (SSSR count). The van der Waals surface area contributed by atoms with E-state index in [-0.39, 0.29) is 5.75 Å². The van der Waals surface area contributed by atoms with Crippen molar-refractivity contribution in [3.63, 3.8) is 0 Å². The van der Waals surface area contributed by atoms with E-state index >= 15 is 0 Å². The van der Waals surface area contributed by atoms with E-state index < -0.39 is 9.84 Å². The minimum absolute atomic E-state index is 0.109. The molecule has 0 saturated carbocycles. The fourth-order valence-corrected chi connectivity index (χ4v) is 3.23. The zero-order chi connectivity index (χ0) is 15.2. The van der Waals surface area contributed by atoms with Gasteiger partial charge < -0.3 is 10.2 Å². The van der Waals surface area contributed by atoms with Gasteiger partial charge in [0.25, 0.3) is 0 Å². The molecule has 0 aliphatic rings. The Labute approximate surface area is 124 Å². The van der Waals surface area contributed by atoms with Crippen LogP contribution in [-0.4, -0.2) is 61.8 Å². The lowest BCUT2D eigenvalue weighted by Crippen LogP contribution is -2.16. The van der Waals surface area contributed by atoms with Gasteiger partial charge in [0.15, 0.2) is 5.16 Å². The first kappa shape index (κ1) is 17.0. The Kier molecular flexibility index (Phi) is 6.47. The van der Waals surface area contributed by atoms with Crippen molar-refractivity contribution in [2.24, 2.45) is 0 Å². The minimum atomic E-state index is -2.96. The third-order valence-corrected chi connectivity index (χ3v) is 4.27. The van der Waals surface area contributed by atoms with Crippen LogP contribution in [0.15, 0.2) is 5.16 Å². The summed E-state index contributed by atoms with van der Waals surface area (Å²) in [6, 6.07) is 0. The first-order chi connectivity index (χ1) is 9.31. The Hall–Kier alpha value is -1.09. The largest absolute Gasteiger partial charge is 0.354 e. The fourth-order valence-electron chi connectivity index (χ4n) is 1.21. The number of nitrogens with one attached hydrogen (secondary N) is 1. The number of aromatic nitrogens is 3. The SMILES string of the molecule is CCCNc1nc(SCCS(C)(=O)=O)nc(N(C)C)n1. The lowest BCUT2D eigenvalue weighted by atomic mass is 10.5. The highest BCUT2D eigenvalue weighted by molar-refractivity contribution is 8.00. The number of nitrogens with zero attached hydrogens (tertiary/aromatic N) is 4. The third kappa shape index (κ3) is 6.38. The number of sulfone groups is 1. The van der Waals surface area contributed by atoms with Crippen LogP contribution in [-0.2, 0) is 9.84 Å². The molecule has 0 saturated heterocycles. The summed E-state index contributed by atoms with van der Waals surface area (Å²) >= 11 is 1.32. The lowest BCUT2D eigenvalue weighted by molar-refractivity contribution is 0.603. The minimum Gasteiger partial charge on any atom is -0.354 e. The fraction of sp³-hybridized carbons (Fsp3) is 0.727. The van der Waals surface area contributed by atoms with Gasteiger partial charge in [0, 0.05) is 32.6 Å². The van der Waals surface area contributed by atoms with Crippen LogP contribution in [0.2, 0.25) is 0 Å². The molecule has 0 aromatic carbocycles. The summed E-state index contributed by atoms with van der Waals surface area (Å²) in [7, 11) is 0.739. The van der Waals surface area contributed by atoms with Gasteiger partial charge in [0.2, 0.25) is 11.9 Å². The molecule has 0 aliphatic heterocycles. The summed E-state index contributed by atoms with van der Waals surface area (Å²) < 4.78 is 22.2. The number of anilines is 2. The lowest BCUT2D eigenvalue weighted by Gasteiger charge is -2.13. The second kappa shape index (κ2) is 7.63. The topological polar surface area (TPSA) is 88.1 Å². The highest BCUT2D eigenvalue weighted by Crippen LogP contribution is 2.17. The number of rotatable bonds is 8. The molecule has 0 atom stereocenters. The monoisotopic (exact) mass is 319 g/mol. The van der Waals surface area contributed by atoms with E-state index in [1.807, 2.05) is 14.1 Å². The standard InChI is InChI=1S/C11H21N5O2S2/c1-5-6-12-9-13-10(16(2)3)15-11(14-9)19-7-8-20(4,17)18/h5-8H2,1-4H3,(H,12,13,14,15). The molecule has 0 amide bonds. The van der Waals surface area contributed by atoms with Crippen LogP contribution in [0.5, 0.6) is 0 Å². The van der Waals surface area contributed by atoms with Crippen LogP contribution in [0, 0.1) is 0 Å². The van der Waals surface area contributed by atoms with Gasteiger partial charge in [-0.3, -0.25) is 0 Å². The number of hydrogen-bond acceptors (Lipinski definition) is 8. The van der Waals surface area contributed by atoms with Gasteiger partial charge in [-0.15, -0.1) is 0 Å². The van der Waals surface area contributed by atoms with Crippen LogP contribution in [0.1, 0.15) is 13.3 Å². The van der Waals surface area contributed by atoms with Crippen molar-refractivity contribution in [2.45, 2.75) is 18.5 Å². The predicted molar refractivity (Wildman–Crippen MR) is 83.4 cm³/mol. The van der Waals surface area contributed by atoms with Crippen LogP contribution >= 0.6 is 11.8 Å². The van der Waals surface area contributed by atoms with Crippen molar-refractivity contribution in [2.75, 3.05) is 48.6 Å². The zero-order valence-electron chi connectivity index (χ0n) is 12.3. The average molecular weight is 319 g/mol. The van der Waals surface area contributed by atoms with Crippen molar-refractivity contribution < 1.29 is 8.42 Å². The van der Waals surface area contributed by atoms with E-state index in [1.54, 1.807) is 4.90 Å². The predicted octanol–water partition coefficient (Wildman–Crippen LogP) is 0.896. The molecule has 7 nitrogen and oxygen atoms in total. The highest BCUT2D eigenvalue weighted by atomic mass is 32.2. The molecule has 1 aromatic rings. The zero-order valence-corrected chi connectivity index (χ0v) is 13.9. The molecule has 114 valence electrons. The number of thioether (sulfide) groups is 1. The van der Waals surface area contributed by atoms with E-state index in [4.69, 9.17) is 0 Å². The Morgan fingerprint density at radius 3 is 2.50 bits per heavy atom. The molecule has 0 unspecified atom stereocenters. The molecule has 0 bridgehead atoms. The van der Waals surface area contributed by atoms with Crippen LogP contribution in [0.3, 0.4) is 0 Å². The summed E-state index contributed by atoms with van der Waals surface area (Å²) in [5, 5.41) is 3.65. The molecular weight excluding hydrogens is 298 g/mol. The maximum atomic E-state index is 11.1. The molecule has 0 aliphatic carbocycles. The van der Waals surface area contributed by atoms with Crippen molar-refractivity contribution in [1.82, 2.24) is 15.0 Å². The van der Waals surface area contributed by atoms with Gasteiger partial charge in [0.05, 0.1) is 5.75 Å². The van der Waals surface area contributed by atoms with E-state index in [0.717, 1.165) is 13.0 Å². The van der Waals surface area contributed by atoms with E-state index in [9.17, 15) is 8.42 Å². The Morgan fingerprint density at radius 1 is 1.25 bits per heavy atom. The molecule has 0 fully saturated rings. The van der Waals surface area contributed by atoms with Gasteiger partial charge >= 0.3 is 0 Å². The smallest absolute Gasteiger partial charge is 0.230 e. The summed E-state index contributed by atoms with van der Waals surface area (Å²) in [5.41, 5.74) is 0. The summed E-state index contributed by atoms with van der Waals surface area (Å²) in [6.07, 6.45) is 2.19. The first-order valence-electron chi connectivity index (χ1n) is 6.29. The Balaban J connectivity index is 2.80. The van der Waals surface area contributed by atoms with Crippen molar-refractivity contribution in [3.05, 3.63) is 0 Å². The second-order valence-electron chi connectivity index (χ2n) is 4.54. The van der Waals surface area contributed by atoms with E-state index in [0.29, 0.717) is 22.8 Å². The summed E-state index contributed by atoms with van der Waals surface area (Å²) in [6.45, 7) is 2.84. The molecule has 20 heavy (non-hydrogen) atoms. The van der Waals surface area contributed by atoms with Gasteiger partial charge in [-0.1, -0.05) is 18.7 Å². The van der Waals surface area contributed by atoms with Gasteiger partial charge in [-0.05, 0) is 6.42 Å². The molecule has 1 aromatic heterocycles. The summed E-state index contributed by atoms with van der Waals surface area (Å²) in [4.78, 5) is 14.7. The quantitative estimate of drug-likeness (QED) is 0.707. The third-order valence-electron chi connectivity index (χ3n) is 2.22. The number of hydrogen-bond donors (Lipinski definition) is 1. The van der Waals surface area contributed by atoms with E-state index in [1.165, 1.54) is 18.0 Å². The maximum absolute atomic E-state index is 11.1. The molecular formula is C11H21N5O2S2. The normalized spacial score (nSPS) is 11.4. The molecule has 0 spiro atoms. The summed E-state index contributed by atoms with van der Waals surface area (Å²) in [5.74, 6) is 1.62. The van der Waals surface area contributed by atoms with Gasteiger partial charge in [0.1, 0.15) is 9.84 Å². The van der Waals surface area contributed by atoms with Crippen LogP contribution in [0.25, 0.3) is 0 Å². The molecule has 9 heteroatoms. The highest BCUT2D eigenvalue weighted by Gasteiger charge is 2.10. The van der Waals surface area contributed by atoms with E-state index in [2.05, 4.69) is 27.2 Å². The molecule has 1 N–H and O–H groups in total. The molecule has 1 heterocycles. The Morgan fingerprint density at radius 2 is 1.95 bits per heavy atom. The van der Waals surface area contributed by atoms with Crippen LogP contribution < -0.4 is 10.2 Å². The van der Waals surface area contributed by atoms with Crippen molar-refractivity contribution >= 4 is 33.5 Å². The second-order valence-corrected chi connectivity index (χ2v) is 7.86. The van der Waals surface area contributed by atoms with Crippen molar-refractivity contribution in [3.8, 4) is 0 Å². The average Bonchev–Trinajstić information content (AvgIpc) is 2.34. The maximum Gasteiger partial charge on any atom is 0.230 e. The van der Waals surface area contributed by atoms with Gasteiger partial charge in [-0.2, -0.15) is 15.0 Å². The van der Waals surface area contributed by atoms with Gasteiger partial charge in [-0.25, -0.2) is 8.42 Å². The van der Waals surface area contributed by atoms with Crippen molar-refractivity contribution in [1.29, 1.82) is 0 Å². The Bertz CT molecular complexity index is 534. The van der Waals surface area contributed by atoms with Crippen LogP contribution in [0.4, 0.5) is 11.9 Å².